The molecule has 0 spiro atoms. The van der Waals surface area contributed by atoms with Crippen LogP contribution in [0.15, 0.2) is 12.3 Å². The second-order valence-electron chi connectivity index (χ2n) is 4.86. The molecule has 1 atom stereocenters. The van der Waals surface area contributed by atoms with E-state index >= 15 is 0 Å². The summed E-state index contributed by atoms with van der Waals surface area (Å²) in [6.07, 6.45) is 2.80. The number of primary amides is 1. The predicted octanol–water partition coefficient (Wildman–Crippen LogP) is -0.183. The quantitative estimate of drug-likeness (QED) is 0.801. The number of hydrogen-bond acceptors (Lipinski definition) is 5. The second-order valence-corrected chi connectivity index (χ2v) is 4.86. The summed E-state index contributed by atoms with van der Waals surface area (Å²) in [6, 6.07) is 1.95. The largest absolute Gasteiger partial charge is 0.369 e. The molecular weight excluding hydrogens is 230 g/mol. The van der Waals surface area contributed by atoms with Crippen LogP contribution in [-0.2, 0) is 4.79 Å². The minimum Gasteiger partial charge on any atom is -0.369 e. The van der Waals surface area contributed by atoms with E-state index in [2.05, 4.69) is 14.9 Å². The lowest BCUT2D eigenvalue weighted by Gasteiger charge is -2.15. The highest BCUT2D eigenvalue weighted by Crippen LogP contribution is 2.25. The maximum absolute atomic E-state index is 10.9. The van der Waals surface area contributed by atoms with Gasteiger partial charge in [-0.25, -0.2) is 9.97 Å². The molecule has 0 saturated carbocycles. The van der Waals surface area contributed by atoms with E-state index in [4.69, 9.17) is 5.73 Å². The molecule has 0 aliphatic carbocycles. The van der Waals surface area contributed by atoms with Crippen LogP contribution in [0.4, 0.5) is 5.95 Å². The summed E-state index contributed by atoms with van der Waals surface area (Å²) in [6.45, 7) is 2.07. The first kappa shape index (κ1) is 12.8. The maximum Gasteiger partial charge on any atom is 0.231 e. The molecule has 6 nitrogen and oxygen atoms in total. The van der Waals surface area contributed by atoms with Crippen molar-refractivity contribution >= 4 is 11.9 Å². The zero-order chi connectivity index (χ0) is 13.1. The van der Waals surface area contributed by atoms with Gasteiger partial charge in [-0.05, 0) is 19.0 Å². The van der Waals surface area contributed by atoms with Gasteiger partial charge < -0.3 is 10.6 Å². The Morgan fingerprint density at radius 3 is 3.06 bits per heavy atom. The van der Waals surface area contributed by atoms with Crippen LogP contribution in [0, 0.1) is 0 Å². The summed E-state index contributed by atoms with van der Waals surface area (Å²) in [5, 5.41) is 0. The van der Waals surface area contributed by atoms with Gasteiger partial charge in [0.25, 0.3) is 0 Å². The first-order valence-electron chi connectivity index (χ1n) is 6.07. The Morgan fingerprint density at radius 1 is 1.61 bits per heavy atom. The Labute approximate surface area is 107 Å². The number of rotatable bonds is 4. The highest BCUT2D eigenvalue weighted by atomic mass is 16.1. The van der Waals surface area contributed by atoms with Crippen molar-refractivity contribution in [2.24, 2.45) is 5.73 Å². The third kappa shape index (κ3) is 2.95. The molecule has 0 aromatic carbocycles. The van der Waals surface area contributed by atoms with Crippen LogP contribution in [0.1, 0.15) is 18.0 Å². The second kappa shape index (κ2) is 5.30. The molecular formula is C12H19N5O. The molecule has 0 bridgehead atoms. The van der Waals surface area contributed by atoms with Gasteiger partial charge in [-0.1, -0.05) is 0 Å². The van der Waals surface area contributed by atoms with Crippen LogP contribution in [0.5, 0.6) is 0 Å². The number of amides is 1. The van der Waals surface area contributed by atoms with Gasteiger partial charge in [0, 0.05) is 32.8 Å². The first-order valence-corrected chi connectivity index (χ1v) is 6.07. The SMILES string of the molecule is CN(C)c1nccc(C2CCN(CC(N)=O)C2)n1. The molecule has 1 aromatic rings. The number of carbonyl (C=O) groups is 1. The molecule has 1 unspecified atom stereocenters. The highest BCUT2D eigenvalue weighted by molar-refractivity contribution is 5.75. The van der Waals surface area contributed by atoms with E-state index < -0.39 is 0 Å². The van der Waals surface area contributed by atoms with Crippen molar-refractivity contribution < 1.29 is 4.79 Å². The molecule has 1 aliphatic rings. The number of likely N-dealkylation sites (tertiary alicyclic amines) is 1. The zero-order valence-electron chi connectivity index (χ0n) is 10.8. The maximum atomic E-state index is 10.9. The van der Waals surface area contributed by atoms with Crippen LogP contribution in [0.3, 0.4) is 0 Å². The molecule has 2 N–H and O–H groups in total. The number of nitrogens with zero attached hydrogens (tertiary/aromatic N) is 4. The number of anilines is 1. The Bertz CT molecular complexity index is 434. The van der Waals surface area contributed by atoms with Crippen LogP contribution >= 0.6 is 0 Å². The Balaban J connectivity index is 2.05. The van der Waals surface area contributed by atoms with Crippen molar-refractivity contribution in [1.29, 1.82) is 0 Å². The summed E-state index contributed by atoms with van der Waals surface area (Å²) >= 11 is 0. The summed E-state index contributed by atoms with van der Waals surface area (Å²) in [4.78, 5) is 23.6. The summed E-state index contributed by atoms with van der Waals surface area (Å²) in [5.41, 5.74) is 6.25. The van der Waals surface area contributed by atoms with Crippen molar-refractivity contribution in [2.75, 3.05) is 38.6 Å². The monoisotopic (exact) mass is 249 g/mol. The van der Waals surface area contributed by atoms with E-state index in [1.807, 2.05) is 25.1 Å². The third-order valence-electron chi connectivity index (χ3n) is 3.13. The lowest BCUT2D eigenvalue weighted by molar-refractivity contribution is -0.118. The fourth-order valence-corrected chi connectivity index (χ4v) is 2.24. The normalized spacial score (nSPS) is 20.0. The smallest absolute Gasteiger partial charge is 0.231 e. The lowest BCUT2D eigenvalue weighted by Crippen LogP contribution is -2.31. The molecule has 1 fully saturated rings. The van der Waals surface area contributed by atoms with Crippen LogP contribution < -0.4 is 10.6 Å². The summed E-state index contributed by atoms with van der Waals surface area (Å²) in [7, 11) is 3.85. The van der Waals surface area contributed by atoms with Crippen molar-refractivity contribution in [1.82, 2.24) is 14.9 Å². The Morgan fingerprint density at radius 2 is 2.39 bits per heavy atom. The van der Waals surface area contributed by atoms with Crippen LogP contribution in [0.2, 0.25) is 0 Å². The molecule has 1 amide bonds. The van der Waals surface area contributed by atoms with Gasteiger partial charge in [0.2, 0.25) is 11.9 Å². The van der Waals surface area contributed by atoms with Gasteiger partial charge in [-0.3, -0.25) is 9.69 Å². The number of carbonyl (C=O) groups excluding carboxylic acids is 1. The topological polar surface area (TPSA) is 75.3 Å². The van der Waals surface area contributed by atoms with E-state index in [1.54, 1.807) is 6.20 Å². The zero-order valence-corrected chi connectivity index (χ0v) is 10.8. The van der Waals surface area contributed by atoms with Gasteiger partial charge in [0.15, 0.2) is 0 Å². The number of aromatic nitrogens is 2. The van der Waals surface area contributed by atoms with Gasteiger partial charge in [0.1, 0.15) is 0 Å². The first-order chi connectivity index (χ1) is 8.56. The molecule has 98 valence electrons. The number of hydrogen-bond donors (Lipinski definition) is 1. The van der Waals surface area contributed by atoms with E-state index in [0.717, 1.165) is 31.2 Å². The van der Waals surface area contributed by atoms with Gasteiger partial charge in [-0.2, -0.15) is 0 Å². The van der Waals surface area contributed by atoms with Gasteiger partial charge in [-0.15, -0.1) is 0 Å². The highest BCUT2D eigenvalue weighted by Gasteiger charge is 2.25. The van der Waals surface area contributed by atoms with Crippen LogP contribution in [-0.4, -0.2) is 54.5 Å². The number of nitrogens with two attached hydrogens (primary N) is 1. The van der Waals surface area contributed by atoms with E-state index in [0.29, 0.717) is 12.5 Å². The Kier molecular flexibility index (Phi) is 3.76. The molecule has 2 rings (SSSR count). The average molecular weight is 249 g/mol. The molecule has 1 aliphatic heterocycles. The van der Waals surface area contributed by atoms with E-state index in [9.17, 15) is 4.79 Å². The summed E-state index contributed by atoms with van der Waals surface area (Å²) in [5.74, 6) is 0.819. The molecule has 0 radical (unpaired) electrons. The predicted molar refractivity (Wildman–Crippen MR) is 69.4 cm³/mol. The van der Waals surface area contributed by atoms with Crippen molar-refractivity contribution in [3.05, 3.63) is 18.0 Å². The Hall–Kier alpha value is -1.69. The standard InChI is InChI=1S/C12H19N5O/c1-16(2)12-14-5-3-10(15-12)9-4-6-17(7-9)8-11(13)18/h3,5,9H,4,6-8H2,1-2H3,(H2,13,18). The molecule has 1 saturated heterocycles. The van der Waals surface area contributed by atoms with E-state index in [-0.39, 0.29) is 5.91 Å². The van der Waals surface area contributed by atoms with Crippen LogP contribution in [0.25, 0.3) is 0 Å². The van der Waals surface area contributed by atoms with Crippen molar-refractivity contribution in [3.8, 4) is 0 Å². The minimum atomic E-state index is -0.271. The molecule has 18 heavy (non-hydrogen) atoms. The van der Waals surface area contributed by atoms with E-state index in [1.165, 1.54) is 0 Å². The third-order valence-corrected chi connectivity index (χ3v) is 3.13. The lowest BCUT2D eigenvalue weighted by atomic mass is 10.1. The molecule has 6 heteroatoms. The molecule has 1 aromatic heterocycles. The summed E-state index contributed by atoms with van der Waals surface area (Å²) < 4.78 is 0. The fraction of sp³-hybridized carbons (Fsp3) is 0.583. The molecule has 2 heterocycles. The fourth-order valence-electron chi connectivity index (χ4n) is 2.24. The van der Waals surface area contributed by atoms with Gasteiger partial charge >= 0.3 is 0 Å². The minimum absolute atomic E-state index is 0.271. The van der Waals surface area contributed by atoms with Gasteiger partial charge in [0.05, 0.1) is 12.2 Å². The average Bonchev–Trinajstić information content (AvgIpc) is 2.77. The van der Waals surface area contributed by atoms with Crippen molar-refractivity contribution in [2.45, 2.75) is 12.3 Å². The van der Waals surface area contributed by atoms with Crippen molar-refractivity contribution in [3.63, 3.8) is 0 Å².